The summed E-state index contributed by atoms with van der Waals surface area (Å²) in [5.74, 6) is 0. The molecular weight excluding hydrogens is 372 g/mol. The van der Waals surface area contributed by atoms with Crippen LogP contribution in [0.2, 0.25) is 0 Å². The number of hydrogen-bond acceptors (Lipinski definition) is 0. The highest BCUT2D eigenvalue weighted by atomic mass is 13.8. The summed E-state index contributed by atoms with van der Waals surface area (Å²) < 4.78 is 0. The van der Waals surface area contributed by atoms with E-state index in [4.69, 9.17) is 0 Å². The molecule has 0 aliphatic rings. The Kier molecular flexibility index (Phi) is 52.9. The second-order valence-corrected chi connectivity index (χ2v) is 5.88. The van der Waals surface area contributed by atoms with Crippen molar-refractivity contribution >= 4 is 0 Å². The Balaban J connectivity index is -0.0000000897. The van der Waals surface area contributed by atoms with Gasteiger partial charge in [0.25, 0.3) is 0 Å². The van der Waals surface area contributed by atoms with Crippen LogP contribution < -0.4 is 0 Å². The maximum Gasteiger partial charge on any atom is -0.0398 e. The molecule has 0 heteroatoms. The lowest BCUT2D eigenvalue weighted by atomic mass is 10.2. The first-order valence-corrected chi connectivity index (χ1v) is 11.6. The Morgan fingerprint density at radius 3 is 0.613 bits per heavy atom. The van der Waals surface area contributed by atoms with Gasteiger partial charge in [0.2, 0.25) is 0 Å². The maximum atomic E-state index is 2.12. The van der Waals surface area contributed by atoms with Gasteiger partial charge in [0.1, 0.15) is 0 Å². The van der Waals surface area contributed by atoms with Crippen LogP contribution >= 0.6 is 0 Å². The molecule has 3 rings (SSSR count). The van der Waals surface area contributed by atoms with E-state index >= 15 is 0 Å². The molecule has 0 aliphatic heterocycles. The van der Waals surface area contributed by atoms with Crippen molar-refractivity contribution < 1.29 is 0 Å². The highest BCUT2D eigenvalue weighted by Crippen LogP contribution is 1.92. The lowest BCUT2D eigenvalue weighted by Crippen LogP contribution is -1.62. The van der Waals surface area contributed by atoms with E-state index in [1.807, 2.05) is 100 Å². The Bertz CT molecular complexity index is 490. The van der Waals surface area contributed by atoms with Crippen LogP contribution in [0.25, 0.3) is 0 Å². The predicted molar refractivity (Wildman–Crippen MR) is 150 cm³/mol. The SMILES string of the molecule is C.CC.CC.CCC.CCC.Cc1ccccc1.Cc1ccccc1.c1ccccc1. The molecule has 0 heterocycles. The molecule has 0 unspecified atom stereocenters. The first kappa shape index (κ1) is 39.2. The van der Waals surface area contributed by atoms with E-state index in [1.54, 1.807) is 0 Å². The predicted octanol–water partition coefficient (Wildman–Crippen LogP) is 11.2. The van der Waals surface area contributed by atoms with E-state index in [0.717, 1.165) is 0 Å². The molecule has 3 aromatic carbocycles. The third-order valence-electron chi connectivity index (χ3n) is 2.55. The minimum atomic E-state index is 0. The molecule has 0 nitrogen and oxygen atoms in total. The molecule has 3 aromatic rings. The van der Waals surface area contributed by atoms with E-state index in [1.165, 1.54) is 24.0 Å². The molecule has 0 N–H and O–H groups in total. The normalized spacial score (nSPS) is 7.03. The van der Waals surface area contributed by atoms with Gasteiger partial charge in [0.15, 0.2) is 0 Å². The highest BCUT2D eigenvalue weighted by Gasteiger charge is 1.72. The van der Waals surface area contributed by atoms with Crippen molar-refractivity contribution in [2.75, 3.05) is 0 Å². The molecule has 0 aromatic heterocycles. The monoisotopic (exact) mass is 426 g/mol. The second-order valence-electron chi connectivity index (χ2n) is 5.88. The molecule has 31 heavy (non-hydrogen) atoms. The fourth-order valence-electron chi connectivity index (χ4n) is 1.45. The van der Waals surface area contributed by atoms with Crippen LogP contribution in [0.1, 0.15) is 86.8 Å². The fraction of sp³-hybridized carbons (Fsp3) is 0.419. The summed E-state index contributed by atoms with van der Waals surface area (Å²) in [6.07, 6.45) is 2.50. The smallest absolute Gasteiger partial charge is 0.0398 e. The molecule has 0 amide bonds. The van der Waals surface area contributed by atoms with E-state index in [0.29, 0.717) is 0 Å². The zero-order valence-corrected chi connectivity index (χ0v) is 21.7. The molecule has 0 saturated carbocycles. The van der Waals surface area contributed by atoms with Gasteiger partial charge in [0, 0.05) is 0 Å². The fourth-order valence-corrected chi connectivity index (χ4v) is 1.45. The minimum Gasteiger partial charge on any atom is -0.0776 e. The van der Waals surface area contributed by atoms with Crippen molar-refractivity contribution in [2.24, 2.45) is 0 Å². The third-order valence-corrected chi connectivity index (χ3v) is 2.55. The van der Waals surface area contributed by atoms with Gasteiger partial charge >= 0.3 is 0 Å². The van der Waals surface area contributed by atoms with E-state index in [2.05, 4.69) is 65.8 Å². The lowest BCUT2D eigenvalue weighted by Gasteiger charge is -1.82. The average molecular weight is 427 g/mol. The zero-order chi connectivity index (χ0) is 23.9. The minimum absolute atomic E-state index is 0. The Morgan fingerprint density at radius 1 is 0.387 bits per heavy atom. The molecular formula is C31H54. The molecule has 178 valence electrons. The van der Waals surface area contributed by atoms with Crippen molar-refractivity contribution in [2.45, 2.75) is 89.5 Å². The largest absolute Gasteiger partial charge is 0.0776 e. The third kappa shape index (κ3) is 47.1. The van der Waals surface area contributed by atoms with Crippen LogP contribution in [-0.4, -0.2) is 0 Å². The van der Waals surface area contributed by atoms with Crippen LogP contribution in [0.4, 0.5) is 0 Å². The first-order chi connectivity index (χ1) is 14.6. The number of aryl methyl sites for hydroxylation is 2. The van der Waals surface area contributed by atoms with Crippen molar-refractivity contribution in [3.8, 4) is 0 Å². The summed E-state index contributed by atoms with van der Waals surface area (Å²) in [7, 11) is 0. The summed E-state index contributed by atoms with van der Waals surface area (Å²) >= 11 is 0. The van der Waals surface area contributed by atoms with Gasteiger partial charge < -0.3 is 0 Å². The van der Waals surface area contributed by atoms with E-state index in [9.17, 15) is 0 Å². The molecule has 0 spiro atoms. The number of hydrogen-bond donors (Lipinski definition) is 0. The molecule has 0 atom stereocenters. The molecule has 0 saturated heterocycles. The number of benzene rings is 3. The van der Waals surface area contributed by atoms with Crippen LogP contribution in [0.5, 0.6) is 0 Å². The summed E-state index contributed by atoms with van der Waals surface area (Å²) in [5.41, 5.74) is 2.64. The van der Waals surface area contributed by atoms with Gasteiger partial charge in [-0.15, -0.1) is 0 Å². The summed E-state index contributed by atoms with van der Waals surface area (Å²) in [6, 6.07) is 32.5. The van der Waals surface area contributed by atoms with Crippen LogP contribution in [0.3, 0.4) is 0 Å². The summed E-state index contributed by atoms with van der Waals surface area (Å²) in [4.78, 5) is 0. The van der Waals surface area contributed by atoms with Gasteiger partial charge in [0.05, 0.1) is 0 Å². The van der Waals surface area contributed by atoms with Crippen molar-refractivity contribution in [3.05, 3.63) is 108 Å². The van der Waals surface area contributed by atoms with Gasteiger partial charge in [-0.25, -0.2) is 0 Å². The van der Waals surface area contributed by atoms with E-state index < -0.39 is 0 Å². The van der Waals surface area contributed by atoms with Crippen LogP contribution in [-0.2, 0) is 0 Å². The van der Waals surface area contributed by atoms with Crippen LogP contribution in [0, 0.1) is 13.8 Å². The zero-order valence-electron chi connectivity index (χ0n) is 21.7. The van der Waals surface area contributed by atoms with E-state index in [-0.39, 0.29) is 7.43 Å². The Labute approximate surface area is 197 Å². The van der Waals surface area contributed by atoms with Gasteiger partial charge in [-0.2, -0.15) is 0 Å². The average Bonchev–Trinajstić information content (AvgIpc) is 2.81. The molecule has 0 aliphatic carbocycles. The van der Waals surface area contributed by atoms with Crippen molar-refractivity contribution in [1.82, 2.24) is 0 Å². The highest BCUT2D eigenvalue weighted by molar-refractivity contribution is 5.12. The summed E-state index contributed by atoms with van der Waals surface area (Å²) in [5, 5.41) is 0. The quantitative estimate of drug-likeness (QED) is 0.335. The Hall–Kier alpha value is -2.34. The molecule has 0 radical (unpaired) electrons. The maximum absolute atomic E-state index is 2.12. The second kappa shape index (κ2) is 41.9. The molecule has 0 bridgehead atoms. The molecule has 0 fully saturated rings. The van der Waals surface area contributed by atoms with Gasteiger partial charge in [-0.1, -0.05) is 184 Å². The number of rotatable bonds is 0. The van der Waals surface area contributed by atoms with Crippen molar-refractivity contribution in [3.63, 3.8) is 0 Å². The van der Waals surface area contributed by atoms with Gasteiger partial charge in [-0.3, -0.25) is 0 Å². The first-order valence-electron chi connectivity index (χ1n) is 11.6. The lowest BCUT2D eigenvalue weighted by molar-refractivity contribution is 1.09. The Morgan fingerprint density at radius 2 is 0.516 bits per heavy atom. The topological polar surface area (TPSA) is 0 Å². The standard InChI is InChI=1S/2C7H8.C6H6.2C3H8.2C2H6.CH4/c2*1-7-5-3-2-4-6-7;1-2-4-6-5-3-1;2*1-3-2;2*1-2;/h2*2-6H,1H3;1-6H;2*3H2,1-2H3;2*1-2H3;1H4. The van der Waals surface area contributed by atoms with Gasteiger partial charge in [-0.05, 0) is 13.8 Å². The summed E-state index contributed by atoms with van der Waals surface area (Å²) in [6.45, 7) is 20.7. The van der Waals surface area contributed by atoms with Crippen molar-refractivity contribution in [1.29, 1.82) is 0 Å². The van der Waals surface area contributed by atoms with Crippen LogP contribution in [0.15, 0.2) is 97.1 Å².